The highest BCUT2D eigenvalue weighted by molar-refractivity contribution is 6.32. The maximum atomic E-state index is 11.9. The number of phenolic OH excluding ortho intramolecular Hbond substituents is 1. The molecule has 0 bridgehead atoms. The monoisotopic (exact) mass is 436 g/mol. The molecule has 3 rings (SSSR count). The quantitative estimate of drug-likeness (QED) is 0.286. The molecule has 0 heterocycles. The summed E-state index contributed by atoms with van der Waals surface area (Å²) in [6.07, 6.45) is 1.32. The van der Waals surface area contributed by atoms with Crippen LogP contribution in [0.4, 0.5) is 11.4 Å². The molecule has 158 valence electrons. The second-order valence-corrected chi connectivity index (χ2v) is 7.13. The number of carbonyl (C=O) groups excluding carboxylic acids is 1. The second kappa shape index (κ2) is 10.4. The molecule has 8 heteroatoms. The van der Waals surface area contributed by atoms with Gasteiger partial charge in [0.25, 0.3) is 5.91 Å². The smallest absolute Gasteiger partial charge is 0.277 e. The van der Waals surface area contributed by atoms with Crippen molar-refractivity contribution in [3.8, 4) is 11.5 Å². The number of ether oxygens (including phenoxy) is 1. The number of hydrogen-bond donors (Lipinski definition) is 2. The molecule has 2 N–H and O–H groups in total. The van der Waals surface area contributed by atoms with E-state index >= 15 is 0 Å². The predicted molar refractivity (Wildman–Crippen MR) is 121 cm³/mol. The summed E-state index contributed by atoms with van der Waals surface area (Å²) in [7, 11) is 0. The molecule has 0 spiro atoms. The van der Waals surface area contributed by atoms with Gasteiger partial charge in [0, 0.05) is 5.56 Å². The summed E-state index contributed by atoms with van der Waals surface area (Å²) in [5, 5.41) is 22.6. The number of phenols is 1. The Hall–Kier alpha value is -3.71. The number of benzene rings is 3. The third kappa shape index (κ3) is 6.38. The van der Waals surface area contributed by atoms with Gasteiger partial charge in [-0.1, -0.05) is 29.8 Å². The van der Waals surface area contributed by atoms with Crippen molar-refractivity contribution in [3.63, 3.8) is 0 Å². The Balaban J connectivity index is 1.58. The predicted octanol–water partition coefficient (Wildman–Crippen LogP) is 5.61. The summed E-state index contributed by atoms with van der Waals surface area (Å²) in [6.45, 7) is 3.79. The Bertz CT molecular complexity index is 1150. The molecular formula is C23H21ClN4O3. The Morgan fingerprint density at radius 1 is 1.06 bits per heavy atom. The fourth-order valence-electron chi connectivity index (χ4n) is 2.51. The first-order valence-electron chi connectivity index (χ1n) is 9.43. The summed E-state index contributed by atoms with van der Waals surface area (Å²) >= 11 is 6.06. The zero-order valence-electron chi connectivity index (χ0n) is 17.0. The maximum Gasteiger partial charge on any atom is 0.277 e. The van der Waals surface area contributed by atoms with E-state index in [2.05, 4.69) is 20.8 Å². The number of aryl methyl sites for hydroxylation is 2. The van der Waals surface area contributed by atoms with Crippen LogP contribution in [0.15, 0.2) is 76.0 Å². The van der Waals surface area contributed by atoms with Gasteiger partial charge < -0.3 is 9.84 Å². The van der Waals surface area contributed by atoms with Gasteiger partial charge >= 0.3 is 0 Å². The average Bonchev–Trinajstić information content (AvgIpc) is 2.76. The number of carbonyl (C=O) groups is 1. The first kappa shape index (κ1) is 22.0. The number of hydrazone groups is 1. The molecule has 0 aliphatic carbocycles. The van der Waals surface area contributed by atoms with Gasteiger partial charge in [0.15, 0.2) is 6.61 Å². The molecular weight excluding hydrogens is 416 g/mol. The van der Waals surface area contributed by atoms with E-state index in [1.807, 2.05) is 32.0 Å². The number of amides is 1. The van der Waals surface area contributed by atoms with Crippen LogP contribution in [0.3, 0.4) is 0 Å². The van der Waals surface area contributed by atoms with Gasteiger partial charge in [-0.15, -0.1) is 5.11 Å². The Morgan fingerprint density at radius 2 is 1.87 bits per heavy atom. The Morgan fingerprint density at radius 3 is 2.65 bits per heavy atom. The van der Waals surface area contributed by atoms with E-state index in [0.717, 1.165) is 11.1 Å². The third-order valence-electron chi connectivity index (χ3n) is 4.38. The van der Waals surface area contributed by atoms with Crippen molar-refractivity contribution in [2.75, 3.05) is 6.61 Å². The molecule has 3 aromatic rings. The molecule has 31 heavy (non-hydrogen) atoms. The van der Waals surface area contributed by atoms with Gasteiger partial charge in [-0.05, 0) is 67.4 Å². The van der Waals surface area contributed by atoms with Crippen LogP contribution in [0.1, 0.15) is 16.7 Å². The topological polar surface area (TPSA) is 95.6 Å². The highest BCUT2D eigenvalue weighted by Gasteiger charge is 2.04. The van der Waals surface area contributed by atoms with E-state index in [0.29, 0.717) is 27.7 Å². The molecule has 1 amide bonds. The lowest BCUT2D eigenvalue weighted by Crippen LogP contribution is -2.24. The van der Waals surface area contributed by atoms with Crippen molar-refractivity contribution >= 4 is 35.1 Å². The van der Waals surface area contributed by atoms with Gasteiger partial charge in [-0.3, -0.25) is 4.79 Å². The van der Waals surface area contributed by atoms with E-state index in [4.69, 9.17) is 16.3 Å². The molecule has 7 nitrogen and oxygen atoms in total. The van der Waals surface area contributed by atoms with Gasteiger partial charge in [-0.25, -0.2) is 5.43 Å². The lowest BCUT2D eigenvalue weighted by atomic mass is 10.1. The van der Waals surface area contributed by atoms with Crippen molar-refractivity contribution in [1.29, 1.82) is 0 Å². The van der Waals surface area contributed by atoms with Crippen LogP contribution in [0, 0.1) is 13.8 Å². The second-order valence-electron chi connectivity index (χ2n) is 6.72. The minimum Gasteiger partial charge on any atom is -0.507 e. The van der Waals surface area contributed by atoms with Crippen LogP contribution in [0.5, 0.6) is 11.5 Å². The average molecular weight is 437 g/mol. The lowest BCUT2D eigenvalue weighted by molar-refractivity contribution is -0.123. The minimum atomic E-state index is -0.427. The first-order valence-corrected chi connectivity index (χ1v) is 9.81. The zero-order valence-corrected chi connectivity index (χ0v) is 17.8. The molecule has 0 aliphatic heterocycles. The van der Waals surface area contributed by atoms with Crippen molar-refractivity contribution < 1.29 is 14.6 Å². The van der Waals surface area contributed by atoms with Crippen molar-refractivity contribution in [1.82, 2.24) is 5.43 Å². The number of nitrogens with zero attached hydrogens (tertiary/aromatic N) is 3. The SMILES string of the molecule is Cc1ccc(OCC(=O)N/N=C/c2cc(N=Nc3ccccc3Cl)ccc2O)cc1C. The van der Waals surface area contributed by atoms with E-state index in [1.54, 1.807) is 36.4 Å². The molecule has 0 aliphatic rings. The summed E-state index contributed by atoms with van der Waals surface area (Å²) in [4.78, 5) is 11.9. The highest BCUT2D eigenvalue weighted by Crippen LogP contribution is 2.27. The fourth-order valence-corrected chi connectivity index (χ4v) is 2.68. The van der Waals surface area contributed by atoms with Crippen molar-refractivity contribution in [3.05, 3.63) is 82.4 Å². The molecule has 0 saturated heterocycles. The molecule has 3 aromatic carbocycles. The number of aromatic hydroxyl groups is 1. The lowest BCUT2D eigenvalue weighted by Gasteiger charge is -2.07. The van der Waals surface area contributed by atoms with Crippen LogP contribution in [-0.2, 0) is 4.79 Å². The van der Waals surface area contributed by atoms with Crippen molar-refractivity contribution in [2.24, 2.45) is 15.3 Å². The largest absolute Gasteiger partial charge is 0.507 e. The Labute approximate surface area is 185 Å². The van der Waals surface area contributed by atoms with Crippen LogP contribution < -0.4 is 10.2 Å². The molecule has 0 saturated carbocycles. The van der Waals surface area contributed by atoms with E-state index in [1.165, 1.54) is 12.3 Å². The van der Waals surface area contributed by atoms with Crippen LogP contribution in [0.2, 0.25) is 5.02 Å². The number of hydrogen-bond acceptors (Lipinski definition) is 6. The van der Waals surface area contributed by atoms with Gasteiger partial charge in [0.05, 0.1) is 16.9 Å². The zero-order chi connectivity index (χ0) is 22.2. The fraction of sp³-hybridized carbons (Fsp3) is 0.130. The first-order chi connectivity index (χ1) is 14.9. The maximum absolute atomic E-state index is 11.9. The number of azo groups is 1. The molecule has 0 atom stereocenters. The minimum absolute atomic E-state index is 0.0129. The molecule has 0 radical (unpaired) electrons. The standard InChI is InChI=1S/C23H21ClN4O3/c1-15-7-9-19(11-16(15)2)31-14-23(30)28-25-13-17-12-18(8-10-22(17)29)26-27-21-6-4-3-5-20(21)24/h3-13,29H,14H2,1-2H3,(H,28,30)/b25-13+,27-26?. The molecule has 0 aromatic heterocycles. The van der Waals surface area contributed by atoms with E-state index in [9.17, 15) is 9.90 Å². The van der Waals surface area contributed by atoms with E-state index < -0.39 is 5.91 Å². The number of rotatable bonds is 7. The summed E-state index contributed by atoms with van der Waals surface area (Å²) in [6, 6.07) is 17.3. The van der Waals surface area contributed by atoms with Crippen LogP contribution in [-0.4, -0.2) is 23.8 Å². The summed E-state index contributed by atoms with van der Waals surface area (Å²) < 4.78 is 5.46. The van der Waals surface area contributed by atoms with Crippen LogP contribution >= 0.6 is 11.6 Å². The number of halogens is 1. The van der Waals surface area contributed by atoms with Gasteiger partial charge in [0.1, 0.15) is 17.2 Å². The Kier molecular flexibility index (Phi) is 7.35. The highest BCUT2D eigenvalue weighted by atomic mass is 35.5. The van der Waals surface area contributed by atoms with Crippen LogP contribution in [0.25, 0.3) is 0 Å². The summed E-state index contributed by atoms with van der Waals surface area (Å²) in [5.74, 6) is 0.168. The number of nitrogens with one attached hydrogen (secondary N) is 1. The van der Waals surface area contributed by atoms with Gasteiger partial charge in [-0.2, -0.15) is 10.2 Å². The normalized spacial score (nSPS) is 11.2. The van der Waals surface area contributed by atoms with Crippen molar-refractivity contribution in [2.45, 2.75) is 13.8 Å². The molecule has 0 unspecified atom stereocenters. The third-order valence-corrected chi connectivity index (χ3v) is 4.70. The summed E-state index contributed by atoms with van der Waals surface area (Å²) in [5.41, 5.74) is 5.98. The van der Waals surface area contributed by atoms with E-state index in [-0.39, 0.29) is 12.4 Å². The molecule has 0 fully saturated rings. The van der Waals surface area contributed by atoms with Gasteiger partial charge in [0.2, 0.25) is 0 Å².